The predicted octanol–water partition coefficient (Wildman–Crippen LogP) is 2.98. The van der Waals surface area contributed by atoms with E-state index in [0.29, 0.717) is 0 Å². The average molecular weight is 228 g/mol. The minimum Gasteiger partial charge on any atom is -0.358 e. The Balaban J connectivity index is 1.93. The summed E-state index contributed by atoms with van der Waals surface area (Å²) < 4.78 is 0. The smallest absolute Gasteiger partial charge is 0.0458 e. The molecular weight excluding hydrogens is 208 g/mol. The van der Waals surface area contributed by atoms with Gasteiger partial charge < -0.3 is 9.88 Å². The molecule has 1 aliphatic rings. The number of rotatable bonds is 2. The van der Waals surface area contributed by atoms with Gasteiger partial charge in [0.05, 0.1) is 0 Å². The van der Waals surface area contributed by atoms with Gasteiger partial charge in [0.1, 0.15) is 0 Å². The maximum absolute atomic E-state index is 3.59. The molecule has 0 unspecified atom stereocenters. The highest BCUT2D eigenvalue weighted by atomic mass is 15.1. The third kappa shape index (κ3) is 1.98. The zero-order valence-electron chi connectivity index (χ0n) is 10.5. The molecule has 0 aliphatic carbocycles. The fourth-order valence-electron chi connectivity index (χ4n) is 2.95. The molecular formula is C15H20N2. The van der Waals surface area contributed by atoms with Crippen molar-refractivity contribution in [2.45, 2.75) is 26.2 Å². The molecule has 0 atom stereocenters. The number of hydrogen-bond donors (Lipinski definition) is 1. The first-order valence-corrected chi connectivity index (χ1v) is 6.69. The average Bonchev–Trinajstić information content (AvgIpc) is 2.59. The van der Waals surface area contributed by atoms with Gasteiger partial charge in [-0.05, 0) is 31.0 Å². The van der Waals surface area contributed by atoms with Crippen molar-refractivity contribution in [2.24, 2.45) is 0 Å². The molecule has 1 aliphatic heterocycles. The zero-order valence-corrected chi connectivity index (χ0v) is 10.5. The second-order valence-electron chi connectivity index (χ2n) is 4.97. The van der Waals surface area contributed by atoms with E-state index < -0.39 is 0 Å². The summed E-state index contributed by atoms with van der Waals surface area (Å²) in [5.74, 6) is 0. The monoisotopic (exact) mass is 228 g/mol. The van der Waals surface area contributed by atoms with E-state index in [1.165, 1.54) is 55.5 Å². The number of hydrogen-bond acceptors (Lipinski definition) is 1. The zero-order chi connectivity index (χ0) is 11.7. The number of nitrogens with zero attached hydrogens (tertiary/aromatic N) is 1. The first kappa shape index (κ1) is 10.8. The fourth-order valence-corrected chi connectivity index (χ4v) is 2.95. The fraction of sp³-hybridized carbons (Fsp3) is 0.467. The Morgan fingerprint density at radius 1 is 1.18 bits per heavy atom. The lowest BCUT2D eigenvalue weighted by Gasteiger charge is -2.18. The lowest BCUT2D eigenvalue weighted by Crippen LogP contribution is -2.27. The number of nitrogens with one attached hydrogen (secondary N) is 1. The highest BCUT2D eigenvalue weighted by Gasteiger charge is 2.17. The summed E-state index contributed by atoms with van der Waals surface area (Å²) in [7, 11) is 0. The molecule has 2 heteroatoms. The summed E-state index contributed by atoms with van der Waals surface area (Å²) in [6.45, 7) is 5.91. The summed E-state index contributed by atoms with van der Waals surface area (Å²) in [4.78, 5) is 6.18. The van der Waals surface area contributed by atoms with Gasteiger partial charge in [0.2, 0.25) is 0 Å². The van der Waals surface area contributed by atoms with Crippen molar-refractivity contribution < 1.29 is 0 Å². The van der Waals surface area contributed by atoms with E-state index in [1.54, 1.807) is 5.56 Å². The third-order valence-corrected chi connectivity index (χ3v) is 3.80. The van der Waals surface area contributed by atoms with Gasteiger partial charge in [-0.25, -0.2) is 0 Å². The van der Waals surface area contributed by atoms with Gasteiger partial charge in [-0.3, -0.25) is 0 Å². The number of fused-ring (bicyclic) bond motifs is 3. The highest BCUT2D eigenvalue weighted by molar-refractivity contribution is 5.84. The molecule has 2 heterocycles. The van der Waals surface area contributed by atoms with Gasteiger partial charge in [0.25, 0.3) is 0 Å². The van der Waals surface area contributed by atoms with E-state index in [0.717, 1.165) is 0 Å². The molecule has 90 valence electrons. The van der Waals surface area contributed by atoms with Crippen molar-refractivity contribution in [3.63, 3.8) is 0 Å². The van der Waals surface area contributed by atoms with E-state index in [9.17, 15) is 0 Å². The van der Waals surface area contributed by atoms with Crippen LogP contribution in [0.5, 0.6) is 0 Å². The summed E-state index contributed by atoms with van der Waals surface area (Å²) >= 11 is 0. The summed E-state index contributed by atoms with van der Waals surface area (Å²) in [6, 6.07) is 8.70. The van der Waals surface area contributed by atoms with Gasteiger partial charge in [-0.1, -0.05) is 25.1 Å². The highest BCUT2D eigenvalue weighted by Crippen LogP contribution is 2.25. The van der Waals surface area contributed by atoms with E-state index in [2.05, 4.69) is 41.1 Å². The van der Waals surface area contributed by atoms with Crippen molar-refractivity contribution in [1.29, 1.82) is 0 Å². The maximum Gasteiger partial charge on any atom is 0.0458 e. The SMILES string of the molecule is CCCN1CCc2[nH]c3ccccc3c2CC1. The lowest BCUT2D eigenvalue weighted by atomic mass is 10.1. The van der Waals surface area contributed by atoms with Crippen LogP contribution in [0, 0.1) is 0 Å². The van der Waals surface area contributed by atoms with Gasteiger partial charge >= 0.3 is 0 Å². The van der Waals surface area contributed by atoms with Gasteiger partial charge in [0.15, 0.2) is 0 Å². The predicted molar refractivity (Wildman–Crippen MR) is 72.4 cm³/mol. The molecule has 1 aromatic heterocycles. The van der Waals surface area contributed by atoms with Crippen molar-refractivity contribution in [3.8, 4) is 0 Å². The van der Waals surface area contributed by atoms with Crippen LogP contribution in [0.25, 0.3) is 10.9 Å². The molecule has 1 N–H and O–H groups in total. The Hall–Kier alpha value is -1.28. The number of aromatic nitrogens is 1. The van der Waals surface area contributed by atoms with E-state index in [-0.39, 0.29) is 0 Å². The van der Waals surface area contributed by atoms with Gasteiger partial charge in [-0.2, -0.15) is 0 Å². The Labute approximate surface area is 103 Å². The van der Waals surface area contributed by atoms with Crippen LogP contribution in [-0.4, -0.2) is 29.5 Å². The second kappa shape index (κ2) is 4.53. The number of para-hydroxylation sites is 1. The van der Waals surface area contributed by atoms with Crippen LogP contribution >= 0.6 is 0 Å². The molecule has 17 heavy (non-hydrogen) atoms. The first-order chi connectivity index (χ1) is 8.38. The van der Waals surface area contributed by atoms with E-state index in [1.807, 2.05) is 0 Å². The molecule has 0 saturated carbocycles. The molecule has 2 aromatic rings. The number of H-pyrrole nitrogens is 1. The largest absolute Gasteiger partial charge is 0.358 e. The molecule has 0 bridgehead atoms. The van der Waals surface area contributed by atoms with Crippen molar-refractivity contribution in [1.82, 2.24) is 9.88 Å². The Morgan fingerprint density at radius 2 is 2.00 bits per heavy atom. The molecule has 3 rings (SSSR count). The summed E-state index contributed by atoms with van der Waals surface area (Å²) in [5.41, 5.74) is 4.32. The molecule has 0 saturated heterocycles. The first-order valence-electron chi connectivity index (χ1n) is 6.69. The van der Waals surface area contributed by atoms with Gasteiger partial charge in [-0.15, -0.1) is 0 Å². The number of benzene rings is 1. The normalized spacial score (nSPS) is 17.0. The van der Waals surface area contributed by atoms with Crippen molar-refractivity contribution in [2.75, 3.05) is 19.6 Å². The van der Waals surface area contributed by atoms with Crippen LogP contribution in [0.1, 0.15) is 24.6 Å². The molecule has 0 radical (unpaired) electrons. The number of aromatic amines is 1. The van der Waals surface area contributed by atoms with Crippen LogP contribution in [0.2, 0.25) is 0 Å². The molecule has 1 aromatic carbocycles. The van der Waals surface area contributed by atoms with E-state index >= 15 is 0 Å². The quantitative estimate of drug-likeness (QED) is 0.837. The third-order valence-electron chi connectivity index (χ3n) is 3.80. The standard InChI is InChI=1S/C15H20N2/c1-2-9-17-10-7-13-12-5-3-4-6-14(12)16-15(13)8-11-17/h3-6,16H,2,7-11H2,1H3. The van der Waals surface area contributed by atoms with Crippen molar-refractivity contribution >= 4 is 10.9 Å². The Kier molecular flexibility index (Phi) is 2.89. The van der Waals surface area contributed by atoms with Crippen LogP contribution in [0.15, 0.2) is 24.3 Å². The molecule has 2 nitrogen and oxygen atoms in total. The van der Waals surface area contributed by atoms with Crippen molar-refractivity contribution in [3.05, 3.63) is 35.5 Å². The van der Waals surface area contributed by atoms with Crippen LogP contribution in [-0.2, 0) is 12.8 Å². The minimum absolute atomic E-state index is 1.17. The molecule has 0 spiro atoms. The summed E-state index contributed by atoms with van der Waals surface area (Å²) in [6.07, 6.45) is 3.62. The van der Waals surface area contributed by atoms with E-state index in [4.69, 9.17) is 0 Å². The van der Waals surface area contributed by atoms with Gasteiger partial charge in [0, 0.05) is 36.1 Å². The van der Waals surface area contributed by atoms with Crippen LogP contribution in [0.4, 0.5) is 0 Å². The molecule has 0 amide bonds. The second-order valence-corrected chi connectivity index (χ2v) is 4.97. The maximum atomic E-state index is 3.59. The Bertz CT molecular complexity index is 513. The van der Waals surface area contributed by atoms with Crippen LogP contribution in [0.3, 0.4) is 0 Å². The van der Waals surface area contributed by atoms with Crippen LogP contribution < -0.4 is 0 Å². The molecule has 0 fully saturated rings. The topological polar surface area (TPSA) is 19.0 Å². The lowest BCUT2D eigenvalue weighted by molar-refractivity contribution is 0.288. The Morgan fingerprint density at radius 3 is 2.88 bits per heavy atom. The minimum atomic E-state index is 1.17. The summed E-state index contributed by atoms with van der Waals surface area (Å²) in [5, 5.41) is 1.43.